The molecule has 28 heavy (non-hydrogen) atoms. The van der Waals surface area contributed by atoms with Crippen LogP contribution in [0.2, 0.25) is 0 Å². The Morgan fingerprint density at radius 1 is 1.14 bits per heavy atom. The summed E-state index contributed by atoms with van der Waals surface area (Å²) in [5.41, 5.74) is 3.36. The van der Waals surface area contributed by atoms with Crippen molar-refractivity contribution in [3.63, 3.8) is 0 Å². The van der Waals surface area contributed by atoms with Crippen molar-refractivity contribution in [3.8, 4) is 5.69 Å². The number of hydrogen-bond donors (Lipinski definition) is 0. The zero-order valence-electron chi connectivity index (χ0n) is 16.2. The predicted molar refractivity (Wildman–Crippen MR) is 104 cm³/mol. The van der Waals surface area contributed by atoms with Crippen LogP contribution < -0.4 is 0 Å². The topological polar surface area (TPSA) is 51.3 Å². The highest BCUT2D eigenvalue weighted by Crippen LogP contribution is 2.27. The maximum absolute atomic E-state index is 13.4. The molecule has 0 unspecified atom stereocenters. The minimum absolute atomic E-state index is 0.118. The fraction of sp³-hybridized carbons (Fsp3) is 0.364. The second-order valence-corrected chi connectivity index (χ2v) is 7.40. The molecule has 1 aromatic carbocycles. The molecule has 0 saturated carbocycles. The van der Waals surface area contributed by atoms with Crippen LogP contribution >= 0.6 is 0 Å². The molecule has 2 heterocycles. The van der Waals surface area contributed by atoms with Crippen LogP contribution in [0.4, 0.5) is 4.39 Å². The molecule has 6 heteroatoms. The summed E-state index contributed by atoms with van der Waals surface area (Å²) in [7, 11) is 1.76. The van der Waals surface area contributed by atoms with Crippen molar-refractivity contribution in [1.29, 1.82) is 0 Å². The summed E-state index contributed by atoms with van der Waals surface area (Å²) in [6.07, 6.45) is 4.95. The zero-order chi connectivity index (χ0) is 19.7. The second-order valence-electron chi connectivity index (χ2n) is 7.40. The Balaban J connectivity index is 1.69. The maximum atomic E-state index is 13.4. The Kier molecular flexibility index (Phi) is 5.03. The van der Waals surface area contributed by atoms with Crippen LogP contribution in [0.25, 0.3) is 5.69 Å². The van der Waals surface area contributed by atoms with Crippen molar-refractivity contribution in [2.45, 2.75) is 45.6 Å². The summed E-state index contributed by atoms with van der Waals surface area (Å²) in [5.74, 6) is 1.17. The van der Waals surface area contributed by atoms with Gasteiger partial charge in [-0.15, -0.1) is 0 Å². The van der Waals surface area contributed by atoms with Crippen LogP contribution in [-0.4, -0.2) is 27.6 Å². The Morgan fingerprint density at radius 2 is 1.89 bits per heavy atom. The fourth-order valence-electron chi connectivity index (χ4n) is 3.80. The molecule has 4 rings (SSSR count). The van der Waals surface area contributed by atoms with Crippen LogP contribution in [0.15, 0.2) is 40.8 Å². The first-order valence-electron chi connectivity index (χ1n) is 9.70. The number of carbonyl (C=O) groups is 1. The Bertz CT molecular complexity index is 988. The van der Waals surface area contributed by atoms with Crippen LogP contribution in [0.5, 0.6) is 0 Å². The van der Waals surface area contributed by atoms with E-state index in [1.54, 1.807) is 24.1 Å². The lowest BCUT2D eigenvalue weighted by atomic mass is 10.1. The van der Waals surface area contributed by atoms with E-state index >= 15 is 0 Å². The van der Waals surface area contributed by atoms with Gasteiger partial charge >= 0.3 is 0 Å². The highest BCUT2D eigenvalue weighted by Gasteiger charge is 2.27. The smallest absolute Gasteiger partial charge is 0.274 e. The van der Waals surface area contributed by atoms with E-state index in [2.05, 4.69) is 5.10 Å². The third kappa shape index (κ3) is 3.59. The largest absolute Gasteiger partial charge is 0.464 e. The first-order valence-corrected chi connectivity index (χ1v) is 9.70. The number of benzene rings is 1. The molecule has 0 radical (unpaired) electrons. The first kappa shape index (κ1) is 18.5. The number of amides is 1. The van der Waals surface area contributed by atoms with Crippen molar-refractivity contribution < 1.29 is 13.6 Å². The molecule has 0 atom stereocenters. The van der Waals surface area contributed by atoms with Crippen LogP contribution in [-0.2, 0) is 19.4 Å². The first-order chi connectivity index (χ1) is 13.5. The maximum Gasteiger partial charge on any atom is 0.274 e. The number of rotatable bonds is 4. The number of aromatic nitrogens is 2. The van der Waals surface area contributed by atoms with Crippen molar-refractivity contribution in [1.82, 2.24) is 14.7 Å². The molecule has 2 aromatic heterocycles. The normalized spacial score (nSPS) is 13.8. The van der Waals surface area contributed by atoms with Crippen molar-refractivity contribution >= 4 is 5.91 Å². The highest BCUT2D eigenvalue weighted by molar-refractivity contribution is 5.94. The van der Waals surface area contributed by atoms with E-state index in [-0.39, 0.29) is 11.7 Å². The molecule has 3 aromatic rings. The van der Waals surface area contributed by atoms with Crippen LogP contribution in [0, 0.1) is 12.7 Å². The average molecular weight is 381 g/mol. The molecular weight excluding hydrogens is 357 g/mol. The Labute approximate surface area is 163 Å². The lowest BCUT2D eigenvalue weighted by molar-refractivity contribution is 0.0767. The van der Waals surface area contributed by atoms with Gasteiger partial charge in [-0.25, -0.2) is 9.07 Å². The van der Waals surface area contributed by atoms with Gasteiger partial charge in [0.15, 0.2) is 5.69 Å². The number of furan rings is 1. The summed E-state index contributed by atoms with van der Waals surface area (Å²) in [4.78, 5) is 14.8. The van der Waals surface area contributed by atoms with Gasteiger partial charge in [-0.1, -0.05) is 6.42 Å². The van der Waals surface area contributed by atoms with Gasteiger partial charge in [0.2, 0.25) is 0 Å². The molecule has 0 aliphatic heterocycles. The Morgan fingerprint density at radius 3 is 2.61 bits per heavy atom. The standard InChI is InChI=1S/C22H24FN3O2/c1-15-8-13-18(28-15)14-25(2)22(27)21-19-6-4-3-5-7-20(19)26(24-21)17-11-9-16(23)10-12-17/h8-13H,3-7,14H2,1-2H3. The van der Waals surface area contributed by atoms with Gasteiger partial charge in [-0.05, 0) is 69.0 Å². The van der Waals surface area contributed by atoms with E-state index in [0.29, 0.717) is 12.2 Å². The van der Waals surface area contributed by atoms with Gasteiger partial charge in [0, 0.05) is 18.3 Å². The molecule has 1 aliphatic rings. The number of carbonyl (C=O) groups excluding carboxylic acids is 1. The lowest BCUT2D eigenvalue weighted by Crippen LogP contribution is -2.27. The number of halogens is 1. The van der Waals surface area contributed by atoms with E-state index in [1.807, 2.05) is 23.7 Å². The monoisotopic (exact) mass is 381 g/mol. The predicted octanol–water partition coefficient (Wildman–Crippen LogP) is 4.45. The van der Waals surface area contributed by atoms with E-state index in [1.165, 1.54) is 12.1 Å². The van der Waals surface area contributed by atoms with Gasteiger partial charge in [0.1, 0.15) is 17.3 Å². The number of aryl methyl sites for hydroxylation is 1. The molecule has 0 bridgehead atoms. The zero-order valence-corrected chi connectivity index (χ0v) is 16.2. The molecular formula is C22H24FN3O2. The summed E-state index contributed by atoms with van der Waals surface area (Å²) in [5, 5.41) is 4.67. The Hall–Kier alpha value is -2.89. The van der Waals surface area contributed by atoms with Crippen molar-refractivity contribution in [2.75, 3.05) is 7.05 Å². The summed E-state index contributed by atoms with van der Waals surface area (Å²) < 4.78 is 20.8. The van der Waals surface area contributed by atoms with E-state index in [9.17, 15) is 9.18 Å². The molecule has 1 aliphatic carbocycles. The second kappa shape index (κ2) is 7.62. The van der Waals surface area contributed by atoms with E-state index in [4.69, 9.17) is 4.42 Å². The third-order valence-corrected chi connectivity index (χ3v) is 5.24. The van der Waals surface area contributed by atoms with Gasteiger partial charge in [-0.3, -0.25) is 4.79 Å². The molecule has 0 saturated heterocycles. The van der Waals surface area contributed by atoms with Crippen molar-refractivity contribution in [2.24, 2.45) is 0 Å². The van der Waals surface area contributed by atoms with Crippen LogP contribution in [0.1, 0.15) is 52.5 Å². The number of nitrogens with zero attached hydrogens (tertiary/aromatic N) is 3. The van der Waals surface area contributed by atoms with Gasteiger partial charge in [0.05, 0.1) is 12.2 Å². The summed E-state index contributed by atoms with van der Waals surface area (Å²) in [6, 6.07) is 10.0. The van der Waals surface area contributed by atoms with Gasteiger partial charge in [0.25, 0.3) is 5.91 Å². The minimum atomic E-state index is -0.285. The summed E-state index contributed by atoms with van der Waals surface area (Å²) >= 11 is 0. The molecule has 0 fully saturated rings. The molecule has 146 valence electrons. The SMILES string of the molecule is Cc1ccc(CN(C)C(=O)c2nn(-c3ccc(F)cc3)c3c2CCCCC3)o1. The molecule has 5 nitrogen and oxygen atoms in total. The van der Waals surface area contributed by atoms with Gasteiger partial charge < -0.3 is 9.32 Å². The van der Waals surface area contributed by atoms with E-state index < -0.39 is 0 Å². The van der Waals surface area contributed by atoms with Gasteiger partial charge in [-0.2, -0.15) is 5.10 Å². The quantitative estimate of drug-likeness (QED) is 0.627. The molecule has 0 N–H and O–H groups in total. The third-order valence-electron chi connectivity index (χ3n) is 5.24. The molecule has 1 amide bonds. The molecule has 0 spiro atoms. The number of fused-ring (bicyclic) bond motifs is 1. The minimum Gasteiger partial charge on any atom is -0.464 e. The fourth-order valence-corrected chi connectivity index (χ4v) is 3.80. The summed E-state index contributed by atoms with van der Waals surface area (Å²) in [6.45, 7) is 2.28. The highest BCUT2D eigenvalue weighted by atomic mass is 19.1. The average Bonchev–Trinajstić information content (AvgIpc) is 3.16. The number of hydrogen-bond acceptors (Lipinski definition) is 3. The lowest BCUT2D eigenvalue weighted by Gasteiger charge is -2.15. The van der Waals surface area contributed by atoms with Crippen LogP contribution in [0.3, 0.4) is 0 Å². The van der Waals surface area contributed by atoms with E-state index in [0.717, 1.165) is 60.6 Å². The van der Waals surface area contributed by atoms with Crippen molar-refractivity contribution in [3.05, 3.63) is 70.7 Å².